The lowest BCUT2D eigenvalue weighted by Crippen LogP contribution is -2.27. The van der Waals surface area contributed by atoms with E-state index in [2.05, 4.69) is 17.6 Å². The number of hydrogen-bond donors (Lipinski definition) is 1. The van der Waals surface area contributed by atoms with Crippen LogP contribution in [0.3, 0.4) is 0 Å². The molecule has 0 spiro atoms. The standard InChI is InChI=1S/C12H14N2O2S/c1-8-13-10-5-9(3-4-11(10)16-8)6-14(2)12(15)7-17/h3-5,17H,6-7H2,1-2H3. The normalized spacial score (nSPS) is 10.8. The summed E-state index contributed by atoms with van der Waals surface area (Å²) >= 11 is 3.96. The third-order valence-corrected chi connectivity index (χ3v) is 2.81. The lowest BCUT2D eigenvalue weighted by Gasteiger charge is -2.15. The third-order valence-electron chi connectivity index (χ3n) is 2.54. The molecule has 1 amide bonds. The summed E-state index contributed by atoms with van der Waals surface area (Å²) in [6, 6.07) is 5.76. The van der Waals surface area contributed by atoms with Crippen LogP contribution in [0.4, 0.5) is 0 Å². The smallest absolute Gasteiger partial charge is 0.232 e. The van der Waals surface area contributed by atoms with E-state index in [4.69, 9.17) is 4.42 Å². The number of thiol groups is 1. The molecule has 0 aliphatic heterocycles. The van der Waals surface area contributed by atoms with Crippen molar-refractivity contribution in [2.24, 2.45) is 0 Å². The van der Waals surface area contributed by atoms with E-state index in [0.717, 1.165) is 16.7 Å². The summed E-state index contributed by atoms with van der Waals surface area (Å²) in [4.78, 5) is 17.3. The van der Waals surface area contributed by atoms with Gasteiger partial charge in [0.2, 0.25) is 5.91 Å². The second-order valence-corrected chi connectivity index (χ2v) is 4.26. The quantitative estimate of drug-likeness (QED) is 0.848. The van der Waals surface area contributed by atoms with Crippen LogP contribution in [0.2, 0.25) is 0 Å². The van der Waals surface area contributed by atoms with Gasteiger partial charge in [0.15, 0.2) is 11.5 Å². The summed E-state index contributed by atoms with van der Waals surface area (Å²) in [5.74, 6) is 0.878. The number of nitrogens with zero attached hydrogens (tertiary/aromatic N) is 2. The van der Waals surface area contributed by atoms with Crippen LogP contribution in [0.1, 0.15) is 11.5 Å². The Morgan fingerprint density at radius 2 is 2.29 bits per heavy atom. The second kappa shape index (κ2) is 4.79. The zero-order valence-electron chi connectivity index (χ0n) is 9.80. The molecule has 0 unspecified atom stereocenters. The average molecular weight is 250 g/mol. The molecule has 1 heterocycles. The fourth-order valence-corrected chi connectivity index (χ4v) is 1.91. The number of rotatable bonds is 3. The summed E-state index contributed by atoms with van der Waals surface area (Å²) < 4.78 is 5.39. The summed E-state index contributed by atoms with van der Waals surface area (Å²) in [6.07, 6.45) is 0. The van der Waals surface area contributed by atoms with Gasteiger partial charge in [-0.25, -0.2) is 4.98 Å². The van der Waals surface area contributed by atoms with Crippen LogP contribution < -0.4 is 0 Å². The van der Waals surface area contributed by atoms with E-state index >= 15 is 0 Å². The maximum atomic E-state index is 11.4. The molecule has 1 aromatic carbocycles. The predicted octanol–water partition coefficient (Wildman–Crippen LogP) is 2.02. The highest BCUT2D eigenvalue weighted by molar-refractivity contribution is 7.81. The first kappa shape index (κ1) is 12.0. The zero-order valence-corrected chi connectivity index (χ0v) is 10.7. The molecule has 4 nitrogen and oxygen atoms in total. The Kier molecular flexibility index (Phi) is 3.38. The van der Waals surface area contributed by atoms with E-state index in [1.54, 1.807) is 11.9 Å². The van der Waals surface area contributed by atoms with Crippen LogP contribution in [-0.2, 0) is 11.3 Å². The SMILES string of the molecule is Cc1nc2cc(CN(C)C(=O)CS)ccc2o1. The molecule has 90 valence electrons. The van der Waals surface area contributed by atoms with Crippen LogP contribution >= 0.6 is 12.6 Å². The van der Waals surface area contributed by atoms with Gasteiger partial charge in [0.05, 0.1) is 5.75 Å². The first-order valence-corrected chi connectivity index (χ1v) is 5.94. The number of carbonyl (C=O) groups excluding carboxylic acids is 1. The van der Waals surface area contributed by atoms with Crippen molar-refractivity contribution in [2.45, 2.75) is 13.5 Å². The fraction of sp³-hybridized carbons (Fsp3) is 0.333. The van der Waals surface area contributed by atoms with Gasteiger partial charge in [0.25, 0.3) is 0 Å². The Labute approximate surface area is 105 Å². The minimum atomic E-state index is 0.00441. The molecule has 0 N–H and O–H groups in total. The van der Waals surface area contributed by atoms with Crippen LogP contribution in [0.5, 0.6) is 0 Å². The van der Waals surface area contributed by atoms with Crippen molar-refractivity contribution in [2.75, 3.05) is 12.8 Å². The topological polar surface area (TPSA) is 46.3 Å². The van der Waals surface area contributed by atoms with Crippen LogP contribution in [0.15, 0.2) is 22.6 Å². The Morgan fingerprint density at radius 3 is 3.00 bits per heavy atom. The predicted molar refractivity (Wildman–Crippen MR) is 69.1 cm³/mol. The molecule has 0 aliphatic carbocycles. The molecule has 0 fully saturated rings. The van der Waals surface area contributed by atoms with Gasteiger partial charge in [0, 0.05) is 20.5 Å². The molecule has 1 aromatic heterocycles. The lowest BCUT2D eigenvalue weighted by atomic mass is 10.2. The number of aromatic nitrogens is 1. The van der Waals surface area contributed by atoms with Gasteiger partial charge in [-0.05, 0) is 17.7 Å². The van der Waals surface area contributed by atoms with Gasteiger partial charge < -0.3 is 9.32 Å². The minimum Gasteiger partial charge on any atom is -0.441 e. The Hall–Kier alpha value is -1.49. The fourth-order valence-electron chi connectivity index (χ4n) is 1.67. The van der Waals surface area contributed by atoms with Crippen molar-refractivity contribution in [1.82, 2.24) is 9.88 Å². The van der Waals surface area contributed by atoms with Gasteiger partial charge in [-0.1, -0.05) is 6.07 Å². The maximum absolute atomic E-state index is 11.4. The Balaban J connectivity index is 2.21. The van der Waals surface area contributed by atoms with Crippen molar-refractivity contribution in [3.8, 4) is 0 Å². The molecule has 0 saturated carbocycles. The number of carbonyl (C=O) groups is 1. The number of fused-ring (bicyclic) bond motifs is 1. The van der Waals surface area contributed by atoms with Gasteiger partial charge >= 0.3 is 0 Å². The largest absolute Gasteiger partial charge is 0.441 e. The van der Waals surface area contributed by atoms with E-state index < -0.39 is 0 Å². The molecule has 0 saturated heterocycles. The number of hydrogen-bond acceptors (Lipinski definition) is 4. The van der Waals surface area contributed by atoms with Crippen molar-refractivity contribution in [3.63, 3.8) is 0 Å². The number of benzene rings is 1. The molecule has 2 rings (SSSR count). The second-order valence-electron chi connectivity index (χ2n) is 3.94. The monoisotopic (exact) mass is 250 g/mol. The van der Waals surface area contributed by atoms with E-state index in [-0.39, 0.29) is 11.7 Å². The highest BCUT2D eigenvalue weighted by atomic mass is 32.1. The van der Waals surface area contributed by atoms with Crippen molar-refractivity contribution in [3.05, 3.63) is 29.7 Å². The molecule has 2 aromatic rings. The van der Waals surface area contributed by atoms with Gasteiger partial charge in [-0.15, -0.1) is 0 Å². The Morgan fingerprint density at radius 1 is 1.53 bits per heavy atom. The molecule has 17 heavy (non-hydrogen) atoms. The van der Waals surface area contributed by atoms with Crippen molar-refractivity contribution >= 4 is 29.6 Å². The minimum absolute atomic E-state index is 0.00441. The highest BCUT2D eigenvalue weighted by Gasteiger charge is 2.08. The highest BCUT2D eigenvalue weighted by Crippen LogP contribution is 2.17. The van der Waals surface area contributed by atoms with Gasteiger partial charge in [-0.2, -0.15) is 12.6 Å². The summed E-state index contributed by atoms with van der Waals surface area (Å²) in [7, 11) is 1.76. The third kappa shape index (κ3) is 2.61. The van der Waals surface area contributed by atoms with Crippen LogP contribution in [0, 0.1) is 6.92 Å². The molecule has 0 atom stereocenters. The molecular formula is C12H14N2O2S. The van der Waals surface area contributed by atoms with Gasteiger partial charge in [0.1, 0.15) is 5.52 Å². The Bertz CT molecular complexity index is 550. The van der Waals surface area contributed by atoms with Crippen LogP contribution in [-0.4, -0.2) is 28.6 Å². The van der Waals surface area contributed by atoms with Gasteiger partial charge in [-0.3, -0.25) is 4.79 Å². The van der Waals surface area contributed by atoms with Crippen molar-refractivity contribution < 1.29 is 9.21 Å². The summed E-state index contributed by atoms with van der Waals surface area (Å²) in [6.45, 7) is 2.37. The molecule has 0 radical (unpaired) electrons. The average Bonchev–Trinajstić information content (AvgIpc) is 2.67. The zero-order chi connectivity index (χ0) is 12.4. The maximum Gasteiger partial charge on any atom is 0.232 e. The number of aryl methyl sites for hydroxylation is 1. The van der Waals surface area contributed by atoms with E-state index in [1.807, 2.05) is 25.1 Å². The van der Waals surface area contributed by atoms with E-state index in [0.29, 0.717) is 12.4 Å². The first-order valence-electron chi connectivity index (χ1n) is 5.31. The summed E-state index contributed by atoms with van der Waals surface area (Å²) in [5.41, 5.74) is 2.63. The first-order chi connectivity index (χ1) is 8.10. The van der Waals surface area contributed by atoms with Crippen molar-refractivity contribution in [1.29, 1.82) is 0 Å². The molecule has 0 aliphatic rings. The number of oxazole rings is 1. The number of amides is 1. The molecule has 5 heteroatoms. The van der Waals surface area contributed by atoms with E-state index in [1.165, 1.54) is 0 Å². The van der Waals surface area contributed by atoms with Crippen LogP contribution in [0.25, 0.3) is 11.1 Å². The van der Waals surface area contributed by atoms with E-state index in [9.17, 15) is 4.79 Å². The lowest BCUT2D eigenvalue weighted by molar-refractivity contribution is -0.127. The molecule has 0 bridgehead atoms. The molecular weight excluding hydrogens is 236 g/mol. The summed E-state index contributed by atoms with van der Waals surface area (Å²) in [5, 5.41) is 0.